The Morgan fingerprint density at radius 1 is 1.03 bits per heavy atom. The topological polar surface area (TPSA) is 45.7 Å². The van der Waals surface area contributed by atoms with Crippen molar-refractivity contribution in [2.24, 2.45) is 0 Å². The first-order chi connectivity index (χ1) is 15.0. The number of benzene rings is 1. The van der Waals surface area contributed by atoms with Gasteiger partial charge in [-0.15, -0.1) is 0 Å². The minimum absolute atomic E-state index is 0.124. The molecule has 0 atom stereocenters. The van der Waals surface area contributed by atoms with Crippen LogP contribution in [0.25, 0.3) is 0 Å². The molecule has 1 aliphatic carbocycles. The second kappa shape index (κ2) is 7.95. The number of morpholine rings is 1. The summed E-state index contributed by atoms with van der Waals surface area (Å²) in [6, 6.07) is 8.97. The lowest BCUT2D eigenvalue weighted by molar-refractivity contribution is -0.179. The number of nitrogens with zero attached hydrogens (tertiary/aromatic N) is 3. The Kier molecular flexibility index (Phi) is 5.26. The average molecular weight is 427 g/mol. The number of carbonyl (C=O) groups excluding carboxylic acids is 1. The largest absolute Gasteiger partial charge is 0.365 e. The van der Waals surface area contributed by atoms with Crippen LogP contribution in [-0.4, -0.2) is 64.6 Å². The zero-order valence-corrected chi connectivity index (χ0v) is 17.5. The minimum atomic E-state index is -0.396. The van der Waals surface area contributed by atoms with Gasteiger partial charge in [0.1, 0.15) is 11.6 Å². The number of pyridine rings is 1. The van der Waals surface area contributed by atoms with Crippen molar-refractivity contribution in [3.05, 3.63) is 65.5 Å². The SMILES string of the molecule is O=C(c1cccc(F)c1)N1CC2(CCN(CCc3ncccc3F)CC2)OC2(CC2)C1. The van der Waals surface area contributed by atoms with Gasteiger partial charge in [-0.05, 0) is 56.0 Å². The molecule has 2 spiro atoms. The number of aromatic nitrogens is 1. The van der Waals surface area contributed by atoms with Gasteiger partial charge in [-0.25, -0.2) is 8.78 Å². The second-order valence-electron chi connectivity index (χ2n) is 9.16. The van der Waals surface area contributed by atoms with Gasteiger partial charge >= 0.3 is 0 Å². The molecule has 1 amide bonds. The number of rotatable bonds is 4. The summed E-state index contributed by atoms with van der Waals surface area (Å²) in [4.78, 5) is 21.4. The Morgan fingerprint density at radius 3 is 2.45 bits per heavy atom. The molecule has 2 aromatic rings. The Labute approximate surface area is 181 Å². The molecule has 1 aromatic heterocycles. The molecule has 5 nitrogen and oxygen atoms in total. The van der Waals surface area contributed by atoms with E-state index in [1.54, 1.807) is 24.4 Å². The lowest BCUT2D eigenvalue weighted by Gasteiger charge is -2.50. The first kappa shape index (κ1) is 20.5. The van der Waals surface area contributed by atoms with Crippen molar-refractivity contribution in [1.82, 2.24) is 14.8 Å². The summed E-state index contributed by atoms with van der Waals surface area (Å²) in [5.41, 5.74) is 0.300. The van der Waals surface area contributed by atoms with Crippen LogP contribution in [0.5, 0.6) is 0 Å². The predicted molar refractivity (Wildman–Crippen MR) is 112 cm³/mol. The third kappa shape index (κ3) is 4.34. The molecule has 164 valence electrons. The van der Waals surface area contributed by atoms with Gasteiger partial charge in [0, 0.05) is 37.8 Å². The number of halogens is 2. The molecule has 1 saturated carbocycles. The standard InChI is InChI=1S/C24H27F2N3O2/c25-19-4-1-3-18(15-19)22(30)29-16-23(7-8-23)31-24(17-29)9-13-28(14-10-24)12-6-21-20(26)5-2-11-27-21/h1-5,11,15H,6-10,12-14,16-17H2. The molecule has 7 heteroatoms. The summed E-state index contributed by atoms with van der Waals surface area (Å²) in [5, 5.41) is 0. The molecule has 31 heavy (non-hydrogen) atoms. The maximum Gasteiger partial charge on any atom is 0.254 e. The fourth-order valence-corrected chi connectivity index (χ4v) is 4.93. The summed E-state index contributed by atoms with van der Waals surface area (Å²) < 4.78 is 34.1. The first-order valence-electron chi connectivity index (χ1n) is 11.0. The van der Waals surface area contributed by atoms with Crippen LogP contribution >= 0.6 is 0 Å². The summed E-state index contributed by atoms with van der Waals surface area (Å²) in [5.74, 6) is -0.775. The van der Waals surface area contributed by atoms with E-state index in [0.29, 0.717) is 30.8 Å². The fraction of sp³-hybridized carbons (Fsp3) is 0.500. The molecule has 3 aliphatic rings. The van der Waals surface area contributed by atoms with Crippen molar-refractivity contribution < 1.29 is 18.3 Å². The maximum absolute atomic E-state index is 13.8. The van der Waals surface area contributed by atoms with Crippen molar-refractivity contribution in [2.45, 2.75) is 43.3 Å². The van der Waals surface area contributed by atoms with E-state index in [-0.39, 0.29) is 22.9 Å². The zero-order chi connectivity index (χ0) is 21.5. The van der Waals surface area contributed by atoms with E-state index in [1.807, 2.05) is 4.90 Å². The predicted octanol–water partition coefficient (Wildman–Crippen LogP) is 3.44. The highest BCUT2D eigenvalue weighted by atomic mass is 19.1. The first-order valence-corrected chi connectivity index (χ1v) is 11.0. The van der Waals surface area contributed by atoms with Gasteiger partial charge in [-0.2, -0.15) is 0 Å². The quantitative estimate of drug-likeness (QED) is 0.750. The zero-order valence-electron chi connectivity index (χ0n) is 17.5. The third-order valence-corrected chi connectivity index (χ3v) is 6.82. The molecule has 2 aliphatic heterocycles. The van der Waals surface area contributed by atoms with Crippen molar-refractivity contribution in [3.8, 4) is 0 Å². The van der Waals surface area contributed by atoms with Crippen molar-refractivity contribution in [3.63, 3.8) is 0 Å². The number of amides is 1. The Balaban J connectivity index is 1.24. The molecule has 0 bridgehead atoms. The highest BCUT2D eigenvalue weighted by Crippen LogP contribution is 2.49. The van der Waals surface area contributed by atoms with E-state index >= 15 is 0 Å². The van der Waals surface area contributed by atoms with Gasteiger partial charge in [-0.1, -0.05) is 6.07 Å². The average Bonchev–Trinajstić information content (AvgIpc) is 3.51. The summed E-state index contributed by atoms with van der Waals surface area (Å²) >= 11 is 0. The van der Waals surface area contributed by atoms with Gasteiger partial charge in [0.15, 0.2) is 0 Å². The Bertz CT molecular complexity index is 971. The highest BCUT2D eigenvalue weighted by molar-refractivity contribution is 5.94. The van der Waals surface area contributed by atoms with Crippen LogP contribution in [0.15, 0.2) is 42.6 Å². The van der Waals surface area contributed by atoms with Crippen molar-refractivity contribution in [2.75, 3.05) is 32.7 Å². The van der Waals surface area contributed by atoms with Gasteiger partial charge in [0.2, 0.25) is 0 Å². The summed E-state index contributed by atoms with van der Waals surface area (Å²) in [7, 11) is 0. The molecule has 5 rings (SSSR count). The normalized spacial score (nSPS) is 22.1. The molecule has 3 heterocycles. The molecule has 0 unspecified atom stereocenters. The summed E-state index contributed by atoms with van der Waals surface area (Å²) in [6.07, 6.45) is 5.78. The van der Waals surface area contributed by atoms with Gasteiger partial charge in [-0.3, -0.25) is 9.78 Å². The highest BCUT2D eigenvalue weighted by Gasteiger charge is 2.56. The number of ether oxygens (including phenoxy) is 1. The van der Waals surface area contributed by atoms with Crippen LogP contribution in [0.2, 0.25) is 0 Å². The maximum atomic E-state index is 13.8. The van der Waals surface area contributed by atoms with Gasteiger partial charge in [0.05, 0.1) is 30.0 Å². The van der Waals surface area contributed by atoms with E-state index in [4.69, 9.17) is 4.74 Å². The van der Waals surface area contributed by atoms with Crippen LogP contribution in [0.3, 0.4) is 0 Å². The number of carbonyl (C=O) groups is 1. The molecule has 3 fully saturated rings. The lowest BCUT2D eigenvalue weighted by Crippen LogP contribution is -2.61. The lowest BCUT2D eigenvalue weighted by atomic mass is 9.87. The van der Waals surface area contributed by atoms with Gasteiger partial charge in [0.25, 0.3) is 5.91 Å². The van der Waals surface area contributed by atoms with E-state index in [2.05, 4.69) is 9.88 Å². The monoisotopic (exact) mass is 427 g/mol. The van der Waals surface area contributed by atoms with E-state index < -0.39 is 5.82 Å². The Morgan fingerprint density at radius 2 is 1.77 bits per heavy atom. The molecular formula is C24H27F2N3O2. The molecule has 0 radical (unpaired) electrons. The summed E-state index contributed by atoms with van der Waals surface area (Å²) in [6.45, 7) is 3.54. The molecule has 0 N–H and O–H groups in total. The minimum Gasteiger partial charge on any atom is -0.365 e. The van der Waals surface area contributed by atoms with Crippen LogP contribution < -0.4 is 0 Å². The van der Waals surface area contributed by atoms with Crippen molar-refractivity contribution in [1.29, 1.82) is 0 Å². The van der Waals surface area contributed by atoms with Crippen LogP contribution in [-0.2, 0) is 11.2 Å². The molecular weight excluding hydrogens is 400 g/mol. The molecule has 2 saturated heterocycles. The smallest absolute Gasteiger partial charge is 0.254 e. The van der Waals surface area contributed by atoms with E-state index in [1.165, 1.54) is 18.2 Å². The number of hydrogen-bond donors (Lipinski definition) is 0. The molecule has 1 aromatic carbocycles. The van der Waals surface area contributed by atoms with E-state index in [0.717, 1.165) is 45.3 Å². The van der Waals surface area contributed by atoms with Gasteiger partial charge < -0.3 is 14.5 Å². The number of hydrogen-bond acceptors (Lipinski definition) is 4. The van der Waals surface area contributed by atoms with Crippen LogP contribution in [0.1, 0.15) is 41.7 Å². The number of piperidine rings is 1. The second-order valence-corrected chi connectivity index (χ2v) is 9.16. The van der Waals surface area contributed by atoms with Crippen molar-refractivity contribution >= 4 is 5.91 Å². The van der Waals surface area contributed by atoms with Crippen LogP contribution in [0.4, 0.5) is 8.78 Å². The fourth-order valence-electron chi connectivity index (χ4n) is 4.93. The van der Waals surface area contributed by atoms with Crippen LogP contribution in [0, 0.1) is 11.6 Å². The van der Waals surface area contributed by atoms with E-state index in [9.17, 15) is 13.6 Å². The third-order valence-electron chi connectivity index (χ3n) is 6.82. The number of likely N-dealkylation sites (tertiary alicyclic amines) is 1. The Hall–Kier alpha value is -2.38.